The van der Waals surface area contributed by atoms with Crippen LogP contribution < -0.4 is 0 Å². The third-order valence-corrected chi connectivity index (χ3v) is 3.55. The lowest BCUT2D eigenvalue weighted by molar-refractivity contribution is -0.384. The van der Waals surface area contributed by atoms with Gasteiger partial charge in [-0.05, 0) is 26.0 Å². The molecule has 0 aliphatic carbocycles. The number of rotatable bonds is 3. The van der Waals surface area contributed by atoms with Gasteiger partial charge in [-0.2, -0.15) is 5.10 Å². The van der Waals surface area contributed by atoms with Gasteiger partial charge in [0.2, 0.25) is 0 Å². The van der Waals surface area contributed by atoms with Crippen LogP contribution in [0.15, 0.2) is 54.7 Å². The molecule has 22 heavy (non-hydrogen) atoms. The van der Waals surface area contributed by atoms with Gasteiger partial charge in [-0.1, -0.05) is 47.5 Å². The molecule has 0 aliphatic heterocycles. The van der Waals surface area contributed by atoms with E-state index in [9.17, 15) is 10.1 Å². The minimum absolute atomic E-state index is 0.00410. The predicted molar refractivity (Wildman–Crippen MR) is 85.1 cm³/mol. The maximum absolute atomic E-state index is 11.3. The highest BCUT2D eigenvalue weighted by molar-refractivity contribution is 5.71. The molecule has 0 radical (unpaired) electrons. The Labute approximate surface area is 128 Å². The van der Waals surface area contributed by atoms with E-state index in [0.717, 1.165) is 22.4 Å². The van der Waals surface area contributed by atoms with Crippen LogP contribution in [0.25, 0.3) is 16.9 Å². The molecule has 0 amide bonds. The smallest absolute Gasteiger partial charge is 0.258 e. The number of aromatic nitrogens is 2. The third-order valence-electron chi connectivity index (χ3n) is 3.55. The van der Waals surface area contributed by atoms with E-state index < -0.39 is 4.92 Å². The third kappa shape index (κ3) is 2.48. The fraction of sp³-hybridized carbons (Fsp3) is 0.118. The van der Waals surface area contributed by atoms with E-state index in [1.54, 1.807) is 4.68 Å². The van der Waals surface area contributed by atoms with Crippen molar-refractivity contribution in [3.63, 3.8) is 0 Å². The molecule has 2 aromatic carbocycles. The molecule has 110 valence electrons. The molecule has 0 saturated carbocycles. The monoisotopic (exact) mass is 293 g/mol. The zero-order valence-electron chi connectivity index (χ0n) is 12.4. The Kier molecular flexibility index (Phi) is 3.47. The van der Waals surface area contributed by atoms with Gasteiger partial charge in [0.1, 0.15) is 6.20 Å². The van der Waals surface area contributed by atoms with Gasteiger partial charge in [-0.15, -0.1) is 0 Å². The van der Waals surface area contributed by atoms with Crippen molar-refractivity contribution in [2.45, 2.75) is 13.8 Å². The predicted octanol–water partition coefficient (Wildman–Crippen LogP) is 4.06. The van der Waals surface area contributed by atoms with E-state index in [1.807, 2.05) is 62.4 Å². The summed E-state index contributed by atoms with van der Waals surface area (Å²) in [5.74, 6) is 0. The summed E-state index contributed by atoms with van der Waals surface area (Å²) in [6.07, 6.45) is 1.30. The van der Waals surface area contributed by atoms with Gasteiger partial charge in [-0.25, -0.2) is 4.68 Å². The molecule has 0 N–H and O–H groups in total. The van der Waals surface area contributed by atoms with Crippen molar-refractivity contribution >= 4 is 5.69 Å². The maximum Gasteiger partial charge on any atom is 0.315 e. The standard InChI is InChI=1S/C17H15N3O2/c1-12-3-7-14(8-4-12)17-16(20(21)22)11-18-19(17)15-9-5-13(2)6-10-15/h3-11H,1-2H3. The van der Waals surface area contributed by atoms with Gasteiger partial charge in [0.05, 0.1) is 10.6 Å². The van der Waals surface area contributed by atoms with Crippen LogP contribution in [0.3, 0.4) is 0 Å². The minimum atomic E-state index is -0.396. The van der Waals surface area contributed by atoms with Crippen LogP contribution in [-0.4, -0.2) is 14.7 Å². The normalized spacial score (nSPS) is 10.6. The molecule has 3 rings (SSSR count). The van der Waals surface area contributed by atoms with Crippen LogP contribution in [0.1, 0.15) is 11.1 Å². The second-order valence-corrected chi connectivity index (χ2v) is 5.25. The molecule has 5 nitrogen and oxygen atoms in total. The van der Waals surface area contributed by atoms with Gasteiger partial charge < -0.3 is 0 Å². The van der Waals surface area contributed by atoms with Crippen molar-refractivity contribution in [2.75, 3.05) is 0 Å². The molecule has 0 bridgehead atoms. The highest BCUT2D eigenvalue weighted by Gasteiger charge is 2.22. The van der Waals surface area contributed by atoms with E-state index in [2.05, 4.69) is 5.10 Å². The molecule has 0 atom stereocenters. The molecule has 1 heterocycles. The largest absolute Gasteiger partial charge is 0.315 e. The Hall–Kier alpha value is -2.95. The van der Waals surface area contributed by atoms with Crippen molar-refractivity contribution < 1.29 is 4.92 Å². The van der Waals surface area contributed by atoms with Gasteiger partial charge in [0.15, 0.2) is 5.69 Å². The van der Waals surface area contributed by atoms with Gasteiger partial charge in [0.25, 0.3) is 0 Å². The average molecular weight is 293 g/mol. The van der Waals surface area contributed by atoms with Crippen molar-refractivity contribution in [1.29, 1.82) is 0 Å². The first-order valence-electron chi connectivity index (χ1n) is 6.93. The average Bonchev–Trinajstić information content (AvgIpc) is 2.94. The molecule has 5 heteroatoms. The van der Waals surface area contributed by atoms with Crippen LogP contribution in [0.4, 0.5) is 5.69 Å². The topological polar surface area (TPSA) is 61.0 Å². The summed E-state index contributed by atoms with van der Waals surface area (Å²) in [6, 6.07) is 15.4. The Balaban J connectivity index is 2.21. The maximum atomic E-state index is 11.3. The van der Waals surface area contributed by atoms with E-state index in [4.69, 9.17) is 0 Å². The number of hydrogen-bond donors (Lipinski definition) is 0. The molecule has 3 aromatic rings. The molecule has 0 unspecified atom stereocenters. The van der Waals surface area contributed by atoms with E-state index in [0.29, 0.717) is 5.69 Å². The second kappa shape index (κ2) is 5.44. The Bertz CT molecular complexity index is 818. The summed E-state index contributed by atoms with van der Waals surface area (Å²) < 4.78 is 1.61. The molecule has 0 saturated heterocycles. The molecule has 0 fully saturated rings. The zero-order valence-corrected chi connectivity index (χ0v) is 12.4. The summed E-state index contributed by atoms with van der Waals surface area (Å²) in [6.45, 7) is 3.98. The Morgan fingerprint density at radius 2 is 1.50 bits per heavy atom. The minimum Gasteiger partial charge on any atom is -0.258 e. The molecule has 0 aliphatic rings. The number of benzene rings is 2. The van der Waals surface area contributed by atoms with Gasteiger partial charge in [0, 0.05) is 5.56 Å². The van der Waals surface area contributed by atoms with Crippen LogP contribution in [0, 0.1) is 24.0 Å². The van der Waals surface area contributed by atoms with Crippen LogP contribution in [0.5, 0.6) is 0 Å². The SMILES string of the molecule is Cc1ccc(-c2c([N+](=O)[O-])cnn2-c2ccc(C)cc2)cc1. The molecular weight excluding hydrogens is 278 g/mol. The van der Waals surface area contributed by atoms with Crippen molar-refractivity contribution in [1.82, 2.24) is 9.78 Å². The summed E-state index contributed by atoms with van der Waals surface area (Å²) >= 11 is 0. The summed E-state index contributed by atoms with van der Waals surface area (Å²) in [5.41, 5.74) is 4.30. The van der Waals surface area contributed by atoms with Crippen molar-refractivity contribution in [2.24, 2.45) is 0 Å². The highest BCUT2D eigenvalue weighted by atomic mass is 16.6. The Morgan fingerprint density at radius 1 is 0.955 bits per heavy atom. The fourth-order valence-electron chi connectivity index (χ4n) is 2.34. The highest BCUT2D eigenvalue weighted by Crippen LogP contribution is 2.32. The summed E-state index contributed by atoms with van der Waals surface area (Å²) in [4.78, 5) is 10.9. The summed E-state index contributed by atoms with van der Waals surface area (Å²) in [5, 5.41) is 15.5. The summed E-state index contributed by atoms with van der Waals surface area (Å²) in [7, 11) is 0. The fourth-order valence-corrected chi connectivity index (χ4v) is 2.34. The number of nitrogens with zero attached hydrogens (tertiary/aromatic N) is 3. The van der Waals surface area contributed by atoms with Gasteiger partial charge >= 0.3 is 5.69 Å². The van der Waals surface area contributed by atoms with Crippen LogP contribution >= 0.6 is 0 Å². The van der Waals surface area contributed by atoms with Crippen LogP contribution in [0.2, 0.25) is 0 Å². The van der Waals surface area contributed by atoms with Crippen molar-refractivity contribution in [3.8, 4) is 16.9 Å². The number of hydrogen-bond acceptors (Lipinski definition) is 3. The molecule has 0 spiro atoms. The number of aryl methyl sites for hydroxylation is 2. The molecule has 1 aromatic heterocycles. The second-order valence-electron chi connectivity index (χ2n) is 5.25. The van der Waals surface area contributed by atoms with E-state index in [-0.39, 0.29) is 5.69 Å². The Morgan fingerprint density at radius 3 is 2.05 bits per heavy atom. The quantitative estimate of drug-likeness (QED) is 0.540. The lowest BCUT2D eigenvalue weighted by Crippen LogP contribution is -2.00. The lowest BCUT2D eigenvalue weighted by atomic mass is 10.1. The van der Waals surface area contributed by atoms with Gasteiger partial charge in [-0.3, -0.25) is 10.1 Å². The first-order valence-corrected chi connectivity index (χ1v) is 6.93. The van der Waals surface area contributed by atoms with E-state index >= 15 is 0 Å². The molecular formula is C17H15N3O2. The lowest BCUT2D eigenvalue weighted by Gasteiger charge is -2.08. The zero-order chi connectivity index (χ0) is 15.7. The number of nitro groups is 1. The first-order chi connectivity index (χ1) is 10.6. The van der Waals surface area contributed by atoms with E-state index in [1.165, 1.54) is 6.20 Å². The van der Waals surface area contributed by atoms with Crippen LogP contribution in [-0.2, 0) is 0 Å². The first kappa shape index (κ1) is 14.0. The van der Waals surface area contributed by atoms with Crippen molar-refractivity contribution in [3.05, 3.63) is 76.0 Å².